The van der Waals surface area contributed by atoms with Crippen molar-refractivity contribution >= 4 is 17.5 Å². The van der Waals surface area contributed by atoms with E-state index in [0.29, 0.717) is 34.0 Å². The number of furan rings is 1. The Morgan fingerprint density at radius 2 is 1.88 bits per heavy atom. The van der Waals surface area contributed by atoms with Crippen molar-refractivity contribution in [3.8, 4) is 17.1 Å². The highest BCUT2D eigenvalue weighted by Gasteiger charge is 2.23. The van der Waals surface area contributed by atoms with Gasteiger partial charge in [0.15, 0.2) is 5.78 Å². The van der Waals surface area contributed by atoms with E-state index in [-0.39, 0.29) is 18.1 Å². The molecule has 0 radical (unpaired) electrons. The van der Waals surface area contributed by atoms with E-state index >= 15 is 0 Å². The number of rotatable bonds is 3. The van der Waals surface area contributed by atoms with Gasteiger partial charge in [-0.25, -0.2) is 0 Å². The Morgan fingerprint density at radius 1 is 1.04 bits per heavy atom. The van der Waals surface area contributed by atoms with Gasteiger partial charge in [0.05, 0.1) is 10.5 Å². The Kier molecular flexibility index (Phi) is 3.85. The number of nitro benzene ring substituents is 1. The predicted molar refractivity (Wildman–Crippen MR) is 95.0 cm³/mol. The minimum absolute atomic E-state index is 0.00808. The Morgan fingerprint density at radius 3 is 2.73 bits per heavy atom. The van der Waals surface area contributed by atoms with E-state index in [9.17, 15) is 14.9 Å². The molecule has 0 spiro atoms. The number of Topliss-reactive ketones (excluding diaryl/α,β-unsaturated/α-hetero) is 1. The van der Waals surface area contributed by atoms with Gasteiger partial charge in [-0.3, -0.25) is 14.9 Å². The summed E-state index contributed by atoms with van der Waals surface area (Å²) in [5.41, 5.74) is 1.60. The van der Waals surface area contributed by atoms with Crippen molar-refractivity contribution in [3.63, 3.8) is 0 Å². The van der Waals surface area contributed by atoms with Crippen molar-refractivity contribution < 1.29 is 18.9 Å². The van der Waals surface area contributed by atoms with Crippen LogP contribution in [0.3, 0.4) is 0 Å². The molecule has 2 aromatic carbocycles. The Hall–Kier alpha value is -3.67. The number of ether oxygens (including phenoxy) is 1. The molecule has 1 aromatic heterocycles. The van der Waals surface area contributed by atoms with Crippen molar-refractivity contribution in [2.45, 2.75) is 0 Å². The third-order valence-corrected chi connectivity index (χ3v) is 4.09. The fourth-order valence-corrected chi connectivity index (χ4v) is 2.81. The minimum atomic E-state index is -0.454. The zero-order valence-corrected chi connectivity index (χ0v) is 13.5. The fourth-order valence-electron chi connectivity index (χ4n) is 2.81. The first-order chi connectivity index (χ1) is 12.6. The van der Waals surface area contributed by atoms with Gasteiger partial charge in [-0.15, -0.1) is 0 Å². The van der Waals surface area contributed by atoms with E-state index < -0.39 is 4.92 Å². The molecule has 2 heterocycles. The molecule has 0 aliphatic carbocycles. The molecule has 26 heavy (non-hydrogen) atoms. The first-order valence-electron chi connectivity index (χ1n) is 7.93. The molecule has 1 aliphatic rings. The average molecular weight is 347 g/mol. The maximum absolute atomic E-state index is 12.6. The van der Waals surface area contributed by atoms with Gasteiger partial charge >= 0.3 is 0 Å². The van der Waals surface area contributed by atoms with Gasteiger partial charge in [0.1, 0.15) is 23.9 Å². The maximum Gasteiger partial charge on any atom is 0.270 e. The lowest BCUT2D eigenvalue weighted by molar-refractivity contribution is -0.384. The fraction of sp³-hybridized carbons (Fsp3) is 0.0500. The van der Waals surface area contributed by atoms with Crippen LogP contribution in [0.2, 0.25) is 0 Å². The Balaban J connectivity index is 1.63. The molecular formula is C20H13NO5. The van der Waals surface area contributed by atoms with Crippen LogP contribution in [-0.4, -0.2) is 17.3 Å². The highest BCUT2D eigenvalue weighted by Crippen LogP contribution is 2.30. The molecule has 6 nitrogen and oxygen atoms in total. The second-order valence-electron chi connectivity index (χ2n) is 5.79. The number of hydrogen-bond donors (Lipinski definition) is 0. The lowest BCUT2D eigenvalue weighted by atomic mass is 10.00. The first kappa shape index (κ1) is 15.8. The average Bonchev–Trinajstić information content (AvgIpc) is 3.13. The number of benzene rings is 2. The summed E-state index contributed by atoms with van der Waals surface area (Å²) in [6.45, 7) is 0.169. The molecule has 4 rings (SSSR count). The number of fused-ring (bicyclic) bond motifs is 1. The molecular weight excluding hydrogens is 334 g/mol. The van der Waals surface area contributed by atoms with Crippen LogP contribution in [0.25, 0.3) is 17.4 Å². The second kappa shape index (κ2) is 6.33. The highest BCUT2D eigenvalue weighted by molar-refractivity contribution is 6.13. The number of carbonyl (C=O) groups is 1. The molecule has 1 aliphatic heterocycles. The van der Waals surface area contributed by atoms with Gasteiger partial charge in [-0.1, -0.05) is 24.3 Å². The number of nitrogens with zero attached hydrogens (tertiary/aromatic N) is 1. The lowest BCUT2D eigenvalue weighted by Gasteiger charge is -2.18. The summed E-state index contributed by atoms with van der Waals surface area (Å²) in [7, 11) is 0. The van der Waals surface area contributed by atoms with Gasteiger partial charge in [0.2, 0.25) is 0 Å². The predicted octanol–water partition coefficient (Wildman–Crippen LogP) is 4.51. The van der Waals surface area contributed by atoms with Crippen LogP contribution in [-0.2, 0) is 0 Å². The quantitative estimate of drug-likeness (QED) is 0.395. The molecule has 0 N–H and O–H groups in total. The Labute approximate surface area is 148 Å². The summed E-state index contributed by atoms with van der Waals surface area (Å²) in [6.07, 6.45) is 1.64. The van der Waals surface area contributed by atoms with Crippen LogP contribution in [0.1, 0.15) is 16.1 Å². The number of nitro groups is 1. The van der Waals surface area contributed by atoms with Crippen LogP contribution in [0, 0.1) is 10.1 Å². The van der Waals surface area contributed by atoms with E-state index in [1.54, 1.807) is 48.5 Å². The van der Waals surface area contributed by atoms with Crippen molar-refractivity contribution in [1.29, 1.82) is 0 Å². The summed E-state index contributed by atoms with van der Waals surface area (Å²) in [5.74, 6) is 1.45. The summed E-state index contributed by atoms with van der Waals surface area (Å²) in [4.78, 5) is 23.0. The van der Waals surface area contributed by atoms with Gasteiger partial charge in [-0.05, 0) is 30.3 Å². The molecule has 6 heteroatoms. The molecule has 0 fully saturated rings. The summed E-state index contributed by atoms with van der Waals surface area (Å²) in [6, 6.07) is 16.7. The summed E-state index contributed by atoms with van der Waals surface area (Å²) >= 11 is 0. The van der Waals surface area contributed by atoms with Crippen LogP contribution in [0.4, 0.5) is 5.69 Å². The number of carbonyl (C=O) groups excluding carboxylic acids is 1. The van der Waals surface area contributed by atoms with Gasteiger partial charge < -0.3 is 9.15 Å². The highest BCUT2D eigenvalue weighted by atomic mass is 16.6. The molecule has 0 atom stereocenters. The standard InChI is InChI=1S/C20H13NO5/c22-20-14(12-25-19-7-2-1-6-17(19)20)11-16-8-9-18(26-16)13-4-3-5-15(10-13)21(23)24/h1-11H,12H2/b14-11+. The number of para-hydroxylation sites is 1. The normalized spacial score (nSPS) is 14.8. The molecule has 0 saturated carbocycles. The molecule has 0 bridgehead atoms. The second-order valence-corrected chi connectivity index (χ2v) is 5.79. The van der Waals surface area contributed by atoms with Crippen LogP contribution < -0.4 is 4.74 Å². The smallest absolute Gasteiger partial charge is 0.270 e. The van der Waals surface area contributed by atoms with Crippen LogP contribution in [0.15, 0.2) is 70.7 Å². The number of ketones is 1. The van der Waals surface area contributed by atoms with Crippen LogP contribution >= 0.6 is 0 Å². The van der Waals surface area contributed by atoms with Gasteiger partial charge in [0.25, 0.3) is 5.69 Å². The van der Waals surface area contributed by atoms with E-state index in [1.165, 1.54) is 12.1 Å². The lowest BCUT2D eigenvalue weighted by Crippen LogP contribution is -2.18. The SMILES string of the molecule is O=C1/C(=C/c2ccc(-c3cccc([N+](=O)[O-])c3)o2)COc2ccccc21. The Bertz CT molecular complexity index is 1050. The topological polar surface area (TPSA) is 82.6 Å². The molecule has 128 valence electrons. The zero-order chi connectivity index (χ0) is 18.1. The van der Waals surface area contributed by atoms with E-state index in [0.717, 1.165) is 0 Å². The van der Waals surface area contributed by atoms with Gasteiger partial charge in [-0.2, -0.15) is 0 Å². The van der Waals surface area contributed by atoms with Gasteiger partial charge in [0, 0.05) is 23.3 Å². The molecule has 0 saturated heterocycles. The number of hydrogen-bond acceptors (Lipinski definition) is 5. The van der Waals surface area contributed by atoms with Crippen molar-refractivity contribution in [1.82, 2.24) is 0 Å². The van der Waals surface area contributed by atoms with Crippen molar-refractivity contribution in [2.24, 2.45) is 0 Å². The third-order valence-electron chi connectivity index (χ3n) is 4.09. The van der Waals surface area contributed by atoms with Crippen molar-refractivity contribution in [3.05, 3.63) is 87.7 Å². The monoisotopic (exact) mass is 347 g/mol. The largest absolute Gasteiger partial charge is 0.488 e. The van der Waals surface area contributed by atoms with E-state index in [1.807, 2.05) is 6.07 Å². The summed E-state index contributed by atoms with van der Waals surface area (Å²) < 4.78 is 11.3. The van der Waals surface area contributed by atoms with E-state index in [2.05, 4.69) is 0 Å². The van der Waals surface area contributed by atoms with Crippen LogP contribution in [0.5, 0.6) is 5.75 Å². The van der Waals surface area contributed by atoms with Crippen molar-refractivity contribution in [2.75, 3.05) is 6.61 Å². The maximum atomic E-state index is 12.6. The number of non-ortho nitro benzene ring substituents is 1. The summed E-state index contributed by atoms with van der Waals surface area (Å²) in [5, 5.41) is 10.9. The minimum Gasteiger partial charge on any atom is -0.488 e. The first-order valence-corrected chi connectivity index (χ1v) is 7.93. The third kappa shape index (κ3) is 2.88. The van der Waals surface area contributed by atoms with E-state index in [4.69, 9.17) is 9.15 Å². The zero-order valence-electron chi connectivity index (χ0n) is 13.5. The molecule has 3 aromatic rings. The molecule has 0 unspecified atom stereocenters. The molecule has 0 amide bonds.